The van der Waals surface area contributed by atoms with Crippen molar-refractivity contribution < 1.29 is 14.8 Å². The topological polar surface area (TPSA) is 92.8 Å². The summed E-state index contributed by atoms with van der Waals surface area (Å²) in [5, 5.41) is 21.6. The zero-order chi connectivity index (χ0) is 19.6. The molecular formula is C21H20N2O4. The Hall–Kier alpha value is -3.28. The van der Waals surface area contributed by atoms with E-state index in [2.05, 4.69) is 4.99 Å². The second-order valence-electron chi connectivity index (χ2n) is 7.36. The number of nitro benzene ring substituents is 1. The molecule has 0 aromatic heterocycles. The van der Waals surface area contributed by atoms with E-state index in [4.69, 9.17) is 0 Å². The third kappa shape index (κ3) is 4.11. The van der Waals surface area contributed by atoms with Crippen LogP contribution in [-0.4, -0.2) is 21.5 Å². The number of rotatable bonds is 3. The molecule has 0 bridgehead atoms. The molecule has 0 atom stereocenters. The van der Waals surface area contributed by atoms with Crippen molar-refractivity contribution in [2.75, 3.05) is 0 Å². The largest absolute Gasteiger partial charge is 0.506 e. The highest BCUT2D eigenvalue weighted by Gasteiger charge is 2.36. The number of hydrogen-bond donors (Lipinski definition) is 1. The normalized spacial score (nSPS) is 19.8. The number of carbonyl (C=O) groups is 1. The van der Waals surface area contributed by atoms with Gasteiger partial charge in [-0.1, -0.05) is 44.2 Å². The fourth-order valence-corrected chi connectivity index (χ4v) is 3.20. The number of hydrogen-bond acceptors (Lipinski definition) is 5. The molecule has 0 radical (unpaired) electrons. The molecule has 0 spiro atoms. The number of nitro groups is 1. The molecule has 1 aliphatic rings. The molecule has 2 aromatic carbocycles. The molecule has 6 nitrogen and oxygen atoms in total. The highest BCUT2D eigenvalue weighted by molar-refractivity contribution is 6.28. The monoisotopic (exact) mass is 364 g/mol. The van der Waals surface area contributed by atoms with Gasteiger partial charge in [0.2, 0.25) is 0 Å². The highest BCUT2D eigenvalue weighted by atomic mass is 16.6. The number of ketones is 1. The molecule has 3 rings (SSSR count). The van der Waals surface area contributed by atoms with Gasteiger partial charge in [-0.3, -0.25) is 19.9 Å². The van der Waals surface area contributed by atoms with Crippen molar-refractivity contribution in [3.63, 3.8) is 0 Å². The highest BCUT2D eigenvalue weighted by Crippen LogP contribution is 2.37. The zero-order valence-electron chi connectivity index (χ0n) is 15.2. The molecule has 6 heteroatoms. The number of benzene rings is 2. The van der Waals surface area contributed by atoms with Gasteiger partial charge in [0.05, 0.1) is 21.9 Å². The molecule has 0 heterocycles. The number of aliphatic imine (C=N–C) groups is 1. The van der Waals surface area contributed by atoms with Gasteiger partial charge in [-0.2, -0.15) is 0 Å². The molecule has 0 amide bonds. The van der Waals surface area contributed by atoms with Crippen LogP contribution in [0.1, 0.15) is 32.3 Å². The minimum atomic E-state index is -0.475. The lowest BCUT2D eigenvalue weighted by Crippen LogP contribution is -2.32. The molecule has 1 saturated carbocycles. The summed E-state index contributed by atoms with van der Waals surface area (Å²) >= 11 is 0. The van der Waals surface area contributed by atoms with Crippen LogP contribution in [0.3, 0.4) is 0 Å². The van der Waals surface area contributed by atoms with E-state index < -0.39 is 4.92 Å². The fourth-order valence-electron chi connectivity index (χ4n) is 3.20. The first-order valence-electron chi connectivity index (χ1n) is 8.61. The van der Waals surface area contributed by atoms with E-state index in [1.165, 1.54) is 24.3 Å². The first-order chi connectivity index (χ1) is 12.8. The average molecular weight is 364 g/mol. The Morgan fingerprint density at radius 2 is 1.70 bits per heavy atom. The first kappa shape index (κ1) is 18.5. The molecule has 1 aliphatic carbocycles. The predicted octanol–water partition coefficient (Wildman–Crippen LogP) is 5.03. The lowest BCUT2D eigenvalue weighted by atomic mass is 9.73. The molecule has 1 N–H and O–H groups in total. The van der Waals surface area contributed by atoms with Crippen LogP contribution >= 0.6 is 0 Å². The first-order valence-corrected chi connectivity index (χ1v) is 8.61. The molecule has 0 aliphatic heterocycles. The van der Waals surface area contributed by atoms with Crippen molar-refractivity contribution in [1.29, 1.82) is 0 Å². The van der Waals surface area contributed by atoms with Gasteiger partial charge >= 0.3 is 0 Å². The zero-order valence-corrected chi connectivity index (χ0v) is 15.2. The number of aliphatic hydroxyl groups is 1. The summed E-state index contributed by atoms with van der Waals surface area (Å²) in [4.78, 5) is 27.7. The van der Waals surface area contributed by atoms with Gasteiger partial charge in [-0.25, -0.2) is 0 Å². The third-order valence-electron chi connectivity index (χ3n) is 4.46. The minimum absolute atomic E-state index is 0.0260. The quantitative estimate of drug-likeness (QED) is 0.358. The third-order valence-corrected chi connectivity index (χ3v) is 4.46. The number of carbonyl (C=O) groups excluding carboxylic acids is 1. The van der Waals surface area contributed by atoms with E-state index in [0.29, 0.717) is 29.8 Å². The van der Waals surface area contributed by atoms with Crippen LogP contribution in [0.2, 0.25) is 0 Å². The van der Waals surface area contributed by atoms with Gasteiger partial charge in [-0.05, 0) is 24.0 Å². The number of aliphatic hydroxyl groups excluding tert-OH is 1. The Morgan fingerprint density at radius 3 is 2.30 bits per heavy atom. The second-order valence-corrected chi connectivity index (χ2v) is 7.36. The van der Waals surface area contributed by atoms with Crippen LogP contribution in [0.5, 0.6) is 0 Å². The molecular weight excluding hydrogens is 344 g/mol. The Morgan fingerprint density at radius 1 is 1.07 bits per heavy atom. The molecule has 27 heavy (non-hydrogen) atoms. The van der Waals surface area contributed by atoms with E-state index in [1.807, 2.05) is 19.9 Å². The second kappa shape index (κ2) is 7.15. The Balaban J connectivity index is 2.10. The van der Waals surface area contributed by atoms with Crippen molar-refractivity contribution in [2.24, 2.45) is 10.4 Å². The van der Waals surface area contributed by atoms with Gasteiger partial charge in [-0.15, -0.1) is 0 Å². The Bertz CT molecular complexity index is 942. The van der Waals surface area contributed by atoms with Crippen LogP contribution in [0.4, 0.5) is 11.4 Å². The van der Waals surface area contributed by atoms with Crippen molar-refractivity contribution in [3.8, 4) is 0 Å². The molecule has 2 aromatic rings. The van der Waals surface area contributed by atoms with Gasteiger partial charge in [0.25, 0.3) is 5.69 Å². The fraction of sp³-hybridized carbons (Fsp3) is 0.238. The van der Waals surface area contributed by atoms with Gasteiger partial charge in [0, 0.05) is 24.1 Å². The lowest BCUT2D eigenvalue weighted by molar-refractivity contribution is -0.384. The maximum Gasteiger partial charge on any atom is 0.269 e. The maximum absolute atomic E-state index is 12.8. The summed E-state index contributed by atoms with van der Waals surface area (Å²) < 4.78 is 0. The number of allylic oxidation sites excluding steroid dienone is 1. The number of non-ortho nitro benzene ring substituents is 1. The number of Topliss-reactive ketones (excluding diaryl/α,β-unsaturated/α-hetero) is 1. The van der Waals surface area contributed by atoms with Crippen molar-refractivity contribution in [1.82, 2.24) is 0 Å². The van der Waals surface area contributed by atoms with Crippen LogP contribution < -0.4 is 0 Å². The minimum Gasteiger partial charge on any atom is -0.506 e. The number of nitrogens with zero attached hydrogens (tertiary/aromatic N) is 2. The summed E-state index contributed by atoms with van der Waals surface area (Å²) in [7, 11) is 0. The van der Waals surface area contributed by atoms with E-state index in [9.17, 15) is 20.0 Å². The molecule has 1 fully saturated rings. The molecule has 0 saturated heterocycles. The summed E-state index contributed by atoms with van der Waals surface area (Å²) in [6.07, 6.45) is 0.834. The van der Waals surface area contributed by atoms with E-state index in [1.54, 1.807) is 24.3 Å². The van der Waals surface area contributed by atoms with Gasteiger partial charge in [0.1, 0.15) is 5.76 Å². The Kier molecular flexibility index (Phi) is 4.90. The summed E-state index contributed by atoms with van der Waals surface area (Å²) in [6.45, 7) is 3.96. The van der Waals surface area contributed by atoms with Gasteiger partial charge in [0.15, 0.2) is 5.78 Å². The standard InChI is InChI=1S/C21H20N2O4/c1-21(2)12-17(22-15-8-10-16(11-9-15)23(26)27)19(18(24)13-21)20(25)14-6-4-3-5-7-14/h3-11,25H,12-13H2,1-2H3/b20-19+,22-17?. The molecule has 0 unspecified atom stereocenters. The average Bonchev–Trinajstić information content (AvgIpc) is 2.61. The maximum atomic E-state index is 12.8. The molecule has 138 valence electrons. The van der Waals surface area contributed by atoms with Crippen LogP contribution in [0, 0.1) is 15.5 Å². The SMILES string of the molecule is CC1(C)CC(=O)/C(=C(/O)c2ccccc2)C(=Nc2ccc([N+](=O)[O-])cc2)C1. The van der Waals surface area contributed by atoms with Gasteiger partial charge < -0.3 is 5.11 Å². The lowest BCUT2D eigenvalue weighted by Gasteiger charge is -2.31. The summed E-state index contributed by atoms with van der Waals surface area (Å²) in [5.41, 5.74) is 1.46. The van der Waals surface area contributed by atoms with Crippen molar-refractivity contribution >= 4 is 28.6 Å². The van der Waals surface area contributed by atoms with E-state index >= 15 is 0 Å². The smallest absolute Gasteiger partial charge is 0.269 e. The Labute approximate surface area is 157 Å². The van der Waals surface area contributed by atoms with Crippen molar-refractivity contribution in [3.05, 3.63) is 75.8 Å². The summed E-state index contributed by atoms with van der Waals surface area (Å²) in [5.74, 6) is -0.245. The predicted molar refractivity (Wildman–Crippen MR) is 104 cm³/mol. The van der Waals surface area contributed by atoms with E-state index in [-0.39, 0.29) is 28.2 Å². The van der Waals surface area contributed by atoms with Crippen LogP contribution in [0.15, 0.2) is 65.2 Å². The van der Waals surface area contributed by atoms with Crippen molar-refractivity contribution in [2.45, 2.75) is 26.7 Å². The van der Waals surface area contributed by atoms with Crippen LogP contribution in [-0.2, 0) is 4.79 Å². The van der Waals surface area contributed by atoms with E-state index in [0.717, 1.165) is 0 Å². The van der Waals surface area contributed by atoms with Crippen LogP contribution in [0.25, 0.3) is 5.76 Å². The summed E-state index contributed by atoms with van der Waals surface area (Å²) in [6, 6.07) is 14.7.